The van der Waals surface area contributed by atoms with Crippen LogP contribution in [0.3, 0.4) is 0 Å². The molecule has 1 amide bonds. The number of carbonyl (C=O) groups excluding carboxylic acids is 1. The number of methoxy groups -OCH3 is 1. The highest BCUT2D eigenvalue weighted by atomic mass is 19.4. The lowest BCUT2D eigenvalue weighted by Gasteiger charge is -2.18. The Morgan fingerprint density at radius 3 is 2.74 bits per heavy atom. The summed E-state index contributed by atoms with van der Waals surface area (Å²) in [4.78, 5) is 10.9. The van der Waals surface area contributed by atoms with E-state index in [0.29, 0.717) is 6.42 Å². The van der Waals surface area contributed by atoms with Gasteiger partial charge in [0.25, 0.3) is 0 Å². The van der Waals surface area contributed by atoms with E-state index >= 15 is 0 Å². The van der Waals surface area contributed by atoms with E-state index in [1.165, 1.54) is 13.2 Å². The Balaban J connectivity index is 2.29. The van der Waals surface area contributed by atoms with Crippen LogP contribution in [0.25, 0.3) is 0 Å². The summed E-state index contributed by atoms with van der Waals surface area (Å²) in [7, 11) is 1.52. The third-order valence-electron chi connectivity index (χ3n) is 3.59. The van der Waals surface area contributed by atoms with E-state index < -0.39 is 17.8 Å². The molecule has 1 unspecified atom stereocenters. The van der Waals surface area contributed by atoms with Gasteiger partial charge < -0.3 is 9.47 Å². The molecule has 0 saturated carbocycles. The van der Waals surface area contributed by atoms with Crippen LogP contribution in [0.2, 0.25) is 0 Å². The first-order valence-electron chi connectivity index (χ1n) is 7.04. The minimum Gasteiger partial charge on any atom is -0.442 e. The number of carbonyl (C=O) groups is 1. The molecule has 0 radical (unpaired) electrons. The second-order valence-corrected chi connectivity index (χ2v) is 5.20. The standard InChI is InChI=1S/C15H17F3N2O3/c1-9(22-2)3-4-10-5-6-11(7-12(10)15(16,17)18)13-8-23-14(21)20-19-13/h5-7,9H,3-4,8H2,1-2H3,(H,20,21). The number of nitrogens with one attached hydrogen (secondary N) is 1. The Bertz CT molecular complexity index is 614. The van der Waals surface area contributed by atoms with Crippen LogP contribution in [-0.2, 0) is 22.1 Å². The Hall–Kier alpha value is -2.09. The fourth-order valence-corrected chi connectivity index (χ4v) is 2.17. The zero-order chi connectivity index (χ0) is 17.0. The van der Waals surface area contributed by atoms with Gasteiger partial charge in [0.2, 0.25) is 0 Å². The molecule has 0 aliphatic carbocycles. The van der Waals surface area contributed by atoms with Crippen molar-refractivity contribution in [3.05, 3.63) is 34.9 Å². The van der Waals surface area contributed by atoms with Gasteiger partial charge in [0, 0.05) is 12.7 Å². The Kier molecular flexibility index (Phi) is 5.25. The van der Waals surface area contributed by atoms with Crippen LogP contribution < -0.4 is 5.43 Å². The summed E-state index contributed by atoms with van der Waals surface area (Å²) in [6.45, 7) is 1.64. The van der Waals surface area contributed by atoms with E-state index in [4.69, 9.17) is 9.47 Å². The molecule has 0 spiro atoms. The molecule has 1 heterocycles. The smallest absolute Gasteiger partial charge is 0.428 e. The van der Waals surface area contributed by atoms with Crippen molar-refractivity contribution >= 4 is 11.8 Å². The monoisotopic (exact) mass is 330 g/mol. The van der Waals surface area contributed by atoms with Crippen molar-refractivity contribution in [2.45, 2.75) is 32.0 Å². The first kappa shape index (κ1) is 17.3. The zero-order valence-electron chi connectivity index (χ0n) is 12.7. The van der Waals surface area contributed by atoms with Crippen molar-refractivity contribution in [2.24, 2.45) is 5.10 Å². The molecule has 1 aliphatic heterocycles. The summed E-state index contributed by atoms with van der Waals surface area (Å²) in [6, 6.07) is 4.01. The van der Waals surface area contributed by atoms with Crippen LogP contribution in [0.4, 0.5) is 18.0 Å². The molecule has 1 atom stereocenters. The van der Waals surface area contributed by atoms with Crippen molar-refractivity contribution in [1.29, 1.82) is 0 Å². The second-order valence-electron chi connectivity index (χ2n) is 5.20. The molecule has 23 heavy (non-hydrogen) atoms. The fraction of sp³-hybridized carbons (Fsp3) is 0.467. The Labute approximate surface area is 131 Å². The SMILES string of the molecule is COC(C)CCc1ccc(C2=NNC(=O)OC2)cc1C(F)(F)F. The maximum Gasteiger partial charge on any atom is 0.428 e. The summed E-state index contributed by atoms with van der Waals surface area (Å²) < 4.78 is 49.7. The molecule has 2 rings (SSSR count). The normalized spacial score (nSPS) is 16.4. The molecule has 126 valence electrons. The lowest BCUT2D eigenvalue weighted by molar-refractivity contribution is -0.138. The highest BCUT2D eigenvalue weighted by molar-refractivity contribution is 6.03. The number of hydrazone groups is 1. The highest BCUT2D eigenvalue weighted by Gasteiger charge is 2.34. The number of cyclic esters (lactones) is 1. The molecule has 1 aliphatic rings. The van der Waals surface area contributed by atoms with Gasteiger partial charge in [0.1, 0.15) is 12.3 Å². The van der Waals surface area contributed by atoms with Crippen molar-refractivity contribution in [1.82, 2.24) is 5.43 Å². The van der Waals surface area contributed by atoms with Crippen molar-refractivity contribution in [3.63, 3.8) is 0 Å². The van der Waals surface area contributed by atoms with Crippen LogP contribution in [0.15, 0.2) is 23.3 Å². The highest BCUT2D eigenvalue weighted by Crippen LogP contribution is 2.33. The first-order valence-corrected chi connectivity index (χ1v) is 7.04. The van der Waals surface area contributed by atoms with Gasteiger partial charge in [0.15, 0.2) is 0 Å². The predicted molar refractivity (Wildman–Crippen MR) is 77.3 cm³/mol. The molecular formula is C15H17F3N2O3. The van der Waals surface area contributed by atoms with Gasteiger partial charge in [-0.3, -0.25) is 0 Å². The number of ether oxygens (including phenoxy) is 2. The van der Waals surface area contributed by atoms with Crippen LogP contribution in [0.5, 0.6) is 0 Å². The molecule has 1 N–H and O–H groups in total. The van der Waals surface area contributed by atoms with E-state index in [1.54, 1.807) is 13.0 Å². The minimum absolute atomic E-state index is 0.123. The minimum atomic E-state index is -4.47. The summed E-state index contributed by atoms with van der Waals surface area (Å²) >= 11 is 0. The van der Waals surface area contributed by atoms with Crippen LogP contribution in [0.1, 0.15) is 30.0 Å². The van der Waals surface area contributed by atoms with Crippen LogP contribution >= 0.6 is 0 Å². The number of hydrogen-bond acceptors (Lipinski definition) is 4. The Morgan fingerprint density at radius 1 is 1.43 bits per heavy atom. The van der Waals surface area contributed by atoms with Crippen molar-refractivity contribution < 1.29 is 27.4 Å². The summed E-state index contributed by atoms with van der Waals surface area (Å²) in [6.07, 6.45) is -4.58. The summed E-state index contributed by atoms with van der Waals surface area (Å²) in [5, 5.41) is 3.73. The third-order valence-corrected chi connectivity index (χ3v) is 3.59. The maximum atomic E-state index is 13.3. The number of alkyl halides is 3. The fourth-order valence-electron chi connectivity index (χ4n) is 2.17. The quantitative estimate of drug-likeness (QED) is 0.902. The van der Waals surface area contributed by atoms with Gasteiger partial charge in [-0.2, -0.15) is 18.3 Å². The molecule has 0 bridgehead atoms. The molecular weight excluding hydrogens is 313 g/mol. The van der Waals surface area contributed by atoms with Gasteiger partial charge in [-0.05, 0) is 31.4 Å². The number of benzene rings is 1. The number of amides is 1. The largest absolute Gasteiger partial charge is 0.442 e. The average molecular weight is 330 g/mol. The molecule has 1 aromatic carbocycles. The second kappa shape index (κ2) is 6.99. The molecule has 0 fully saturated rings. The number of nitrogens with zero attached hydrogens (tertiary/aromatic N) is 1. The molecule has 0 saturated heterocycles. The zero-order valence-corrected chi connectivity index (χ0v) is 12.7. The number of halogens is 3. The van der Waals surface area contributed by atoms with E-state index in [0.717, 1.165) is 6.07 Å². The van der Waals surface area contributed by atoms with E-state index in [9.17, 15) is 18.0 Å². The van der Waals surface area contributed by atoms with Gasteiger partial charge in [-0.25, -0.2) is 10.2 Å². The van der Waals surface area contributed by atoms with Crippen molar-refractivity contribution in [3.8, 4) is 0 Å². The van der Waals surface area contributed by atoms with E-state index in [1.807, 2.05) is 0 Å². The summed E-state index contributed by atoms with van der Waals surface area (Å²) in [5.74, 6) is 0. The molecule has 8 heteroatoms. The number of aryl methyl sites for hydroxylation is 1. The topological polar surface area (TPSA) is 59.9 Å². The van der Waals surface area contributed by atoms with Crippen LogP contribution in [0, 0.1) is 0 Å². The maximum absolute atomic E-state index is 13.3. The lowest BCUT2D eigenvalue weighted by atomic mass is 9.97. The van der Waals surface area contributed by atoms with Crippen LogP contribution in [-0.4, -0.2) is 31.6 Å². The van der Waals surface area contributed by atoms with Gasteiger partial charge in [0.05, 0.1) is 11.7 Å². The van der Waals surface area contributed by atoms with E-state index in [-0.39, 0.29) is 36.0 Å². The van der Waals surface area contributed by atoms with Gasteiger partial charge in [-0.1, -0.05) is 12.1 Å². The Morgan fingerprint density at radius 2 is 2.17 bits per heavy atom. The number of rotatable bonds is 5. The lowest BCUT2D eigenvalue weighted by Crippen LogP contribution is -2.31. The van der Waals surface area contributed by atoms with Gasteiger partial charge >= 0.3 is 12.3 Å². The van der Waals surface area contributed by atoms with Crippen molar-refractivity contribution in [2.75, 3.05) is 13.7 Å². The first-order chi connectivity index (χ1) is 10.8. The molecule has 0 aromatic heterocycles. The molecule has 5 nitrogen and oxygen atoms in total. The predicted octanol–water partition coefficient (Wildman–Crippen LogP) is 3.12. The van der Waals surface area contributed by atoms with E-state index in [2.05, 4.69) is 10.5 Å². The average Bonchev–Trinajstić information content (AvgIpc) is 2.52. The third kappa shape index (κ3) is 4.44. The van der Waals surface area contributed by atoms with Gasteiger partial charge in [-0.15, -0.1) is 0 Å². The molecule has 1 aromatic rings. The summed E-state index contributed by atoms with van der Waals surface area (Å²) in [5.41, 5.74) is 2.08. The number of hydrogen-bond donors (Lipinski definition) is 1.